The summed E-state index contributed by atoms with van der Waals surface area (Å²) in [5.74, 6) is 1.30. The van der Waals surface area contributed by atoms with E-state index >= 15 is 0 Å². The molecule has 4 unspecified atom stereocenters. The lowest BCUT2D eigenvalue weighted by molar-refractivity contribution is -0.246. The third-order valence-corrected chi connectivity index (χ3v) is 18.5. The lowest BCUT2D eigenvalue weighted by Gasteiger charge is -2.72. The first kappa shape index (κ1) is 40.2. The van der Waals surface area contributed by atoms with Crippen LogP contribution in [0.25, 0.3) is 0 Å². The van der Waals surface area contributed by atoms with Gasteiger partial charge in [-0.2, -0.15) is 0 Å². The van der Waals surface area contributed by atoms with Gasteiger partial charge in [-0.25, -0.2) is 17.9 Å². The molecule has 5 aliphatic rings. The highest BCUT2D eigenvalue weighted by atomic mass is 32.2. The maximum atomic E-state index is 14.6. The van der Waals surface area contributed by atoms with Crippen LogP contribution in [0, 0.1) is 56.7 Å². The molecule has 2 aromatic carbocycles. The number of benzene rings is 2. The third-order valence-electron chi connectivity index (χ3n) is 17.1. The van der Waals surface area contributed by atoms with Crippen LogP contribution in [0.5, 0.6) is 0 Å². The quantitative estimate of drug-likeness (QED) is 0.179. The van der Waals surface area contributed by atoms with Crippen LogP contribution < -0.4 is 10.0 Å². The molecule has 2 aromatic rings. The molecule has 0 spiro atoms. The summed E-state index contributed by atoms with van der Waals surface area (Å²) in [4.78, 5) is 26.0. The van der Waals surface area contributed by atoms with Crippen molar-refractivity contribution < 1.29 is 28.2 Å². The lowest BCUT2D eigenvalue weighted by Crippen LogP contribution is -2.67. The van der Waals surface area contributed by atoms with Gasteiger partial charge >= 0.3 is 5.97 Å². The van der Waals surface area contributed by atoms with Gasteiger partial charge in [-0.1, -0.05) is 71.0 Å². The highest BCUT2D eigenvalue weighted by Gasteiger charge is 2.71. The Labute approximate surface area is 329 Å². The average molecular weight is 773 g/mol. The number of aliphatic hydroxyl groups is 1. The summed E-state index contributed by atoms with van der Waals surface area (Å²) in [7, 11) is -3.82. The Kier molecular flexibility index (Phi) is 10.3. The van der Waals surface area contributed by atoms with Crippen LogP contribution in [0.4, 0.5) is 0 Å². The summed E-state index contributed by atoms with van der Waals surface area (Å²) in [5.41, 5.74) is 2.85. The second-order valence-electron chi connectivity index (χ2n) is 19.7. The van der Waals surface area contributed by atoms with Gasteiger partial charge in [0.05, 0.1) is 22.0 Å². The Balaban J connectivity index is 1.05. The summed E-state index contributed by atoms with van der Waals surface area (Å²) in [5, 5.41) is 23.6. The van der Waals surface area contributed by atoms with E-state index in [1.54, 1.807) is 30.3 Å². The molecule has 300 valence electrons. The van der Waals surface area contributed by atoms with Gasteiger partial charge in [0.2, 0.25) is 15.9 Å². The van der Waals surface area contributed by atoms with Crippen molar-refractivity contribution in [3.8, 4) is 0 Å². The number of nitrogens with one attached hydrogen (secondary N) is 2. The zero-order chi connectivity index (χ0) is 39.8. The zero-order valence-electron chi connectivity index (χ0n) is 33.9. The van der Waals surface area contributed by atoms with Crippen molar-refractivity contribution in [2.75, 3.05) is 6.54 Å². The van der Waals surface area contributed by atoms with Crippen LogP contribution in [0.2, 0.25) is 0 Å². The number of rotatable bonds is 10. The molecule has 0 saturated heterocycles. The van der Waals surface area contributed by atoms with Gasteiger partial charge in [0.25, 0.3) is 0 Å². The van der Waals surface area contributed by atoms with Gasteiger partial charge in [0.1, 0.15) is 0 Å². The predicted octanol–water partition coefficient (Wildman–Crippen LogP) is 8.54. The zero-order valence-corrected chi connectivity index (χ0v) is 34.7. The van der Waals surface area contributed by atoms with E-state index in [2.05, 4.69) is 58.2 Å². The molecule has 1 amide bonds. The Morgan fingerprint density at radius 3 is 2.25 bits per heavy atom. The van der Waals surface area contributed by atoms with Crippen LogP contribution >= 0.6 is 0 Å². The first-order valence-electron chi connectivity index (χ1n) is 20.8. The first-order valence-corrected chi connectivity index (χ1v) is 22.3. The van der Waals surface area contributed by atoms with Crippen LogP contribution in [0.1, 0.15) is 127 Å². The standard InChI is InChI=1S/C46H64N2O6S/c1-29(2)34-17-23-46(41(52)47-26-20-30-9-8-10-33(27-30)55(53,54)48-28-31-11-13-32(14-12-31)40(50)51)25-24-44(6)35(39(34)46)15-16-37-43(5)21-19-38(49)42(3,4)36(43)18-22-45(37,44)7/h8-14,27,34-39,48-49H,1,15-26,28H2,2-7H3,(H,47,52)(H,50,51)/t34-,35?,36?,37?,38-,39?,43-,44+,45+,46-/m0/s1. The number of aliphatic hydroxyl groups excluding tert-OH is 1. The van der Waals surface area contributed by atoms with E-state index in [-0.39, 0.29) is 56.6 Å². The predicted molar refractivity (Wildman–Crippen MR) is 216 cm³/mol. The molecular formula is C46H64N2O6S. The average Bonchev–Trinajstić information content (AvgIpc) is 3.55. The Morgan fingerprint density at radius 2 is 1.56 bits per heavy atom. The summed E-state index contributed by atoms with van der Waals surface area (Å²) >= 11 is 0. The number of allylic oxidation sites excluding steroid dienone is 1. The summed E-state index contributed by atoms with van der Waals surface area (Å²) in [6.45, 7) is 19.5. The number of hydrogen-bond donors (Lipinski definition) is 4. The molecular weight excluding hydrogens is 709 g/mol. The molecule has 0 aliphatic heterocycles. The molecule has 10 atom stereocenters. The second-order valence-corrected chi connectivity index (χ2v) is 21.5. The Bertz CT molecular complexity index is 1940. The van der Waals surface area contributed by atoms with Crippen molar-refractivity contribution in [3.63, 3.8) is 0 Å². The Morgan fingerprint density at radius 1 is 0.836 bits per heavy atom. The highest BCUT2D eigenvalue weighted by molar-refractivity contribution is 7.89. The van der Waals surface area contributed by atoms with Gasteiger partial charge in [-0.15, -0.1) is 0 Å². The van der Waals surface area contributed by atoms with E-state index < -0.39 is 21.4 Å². The number of aromatic carboxylic acids is 1. The number of carboxylic acid groups (broad SMARTS) is 1. The van der Waals surface area contributed by atoms with Crippen molar-refractivity contribution >= 4 is 21.9 Å². The molecule has 5 aliphatic carbocycles. The van der Waals surface area contributed by atoms with Crippen molar-refractivity contribution in [1.29, 1.82) is 0 Å². The number of hydrogen-bond acceptors (Lipinski definition) is 5. The van der Waals surface area contributed by atoms with E-state index in [0.717, 1.165) is 56.9 Å². The van der Waals surface area contributed by atoms with Gasteiger partial charge in [-0.3, -0.25) is 4.79 Å². The summed E-state index contributed by atoms with van der Waals surface area (Å²) in [6, 6.07) is 13.0. The van der Waals surface area contributed by atoms with E-state index in [1.165, 1.54) is 30.5 Å². The fourth-order valence-corrected chi connectivity index (χ4v) is 15.0. The van der Waals surface area contributed by atoms with Crippen molar-refractivity contribution in [2.45, 2.75) is 130 Å². The first-order chi connectivity index (χ1) is 25.8. The lowest BCUT2D eigenvalue weighted by atomic mass is 9.32. The highest BCUT2D eigenvalue weighted by Crippen LogP contribution is 2.77. The van der Waals surface area contributed by atoms with Crippen molar-refractivity contribution in [3.05, 3.63) is 77.4 Å². The number of fused-ring (bicyclic) bond motifs is 7. The Hall–Kier alpha value is -3.01. The number of carboxylic acids is 1. The van der Waals surface area contributed by atoms with E-state index in [1.807, 2.05) is 6.07 Å². The molecule has 0 bridgehead atoms. The van der Waals surface area contributed by atoms with Gasteiger partial charge < -0.3 is 15.5 Å². The number of carbonyl (C=O) groups excluding carboxylic acids is 1. The maximum Gasteiger partial charge on any atom is 0.335 e. The molecule has 55 heavy (non-hydrogen) atoms. The second kappa shape index (κ2) is 14.1. The maximum absolute atomic E-state index is 14.6. The van der Waals surface area contributed by atoms with Crippen LogP contribution in [0.15, 0.2) is 65.6 Å². The van der Waals surface area contributed by atoms with Crippen molar-refractivity contribution in [1.82, 2.24) is 10.0 Å². The third kappa shape index (κ3) is 6.43. The van der Waals surface area contributed by atoms with E-state index in [4.69, 9.17) is 5.11 Å². The fourth-order valence-electron chi connectivity index (χ4n) is 13.9. The van der Waals surface area contributed by atoms with Gasteiger partial charge in [0.15, 0.2) is 0 Å². The molecule has 7 rings (SSSR count). The van der Waals surface area contributed by atoms with Gasteiger partial charge in [-0.05, 0) is 164 Å². The molecule has 0 radical (unpaired) electrons. The molecule has 9 heteroatoms. The van der Waals surface area contributed by atoms with Crippen LogP contribution in [-0.2, 0) is 27.8 Å². The van der Waals surface area contributed by atoms with Gasteiger partial charge in [0, 0.05) is 13.1 Å². The topological polar surface area (TPSA) is 133 Å². The minimum Gasteiger partial charge on any atom is -0.478 e. The molecule has 5 fully saturated rings. The van der Waals surface area contributed by atoms with Crippen LogP contribution in [-0.4, -0.2) is 43.2 Å². The normalized spacial score (nSPS) is 37.8. The molecule has 4 N–H and O–H groups in total. The molecule has 8 nitrogen and oxygen atoms in total. The smallest absolute Gasteiger partial charge is 0.335 e. The SMILES string of the molecule is C=C(C)[C@@H]1CC[C@]2(C(=O)NCCc3cccc(S(=O)(=O)NCc4ccc(C(=O)O)cc4)c3)CC[C@]3(C)C(CCC4[C@@]5(C)CC[C@H](O)C(C)(C)C5CC[C@]43C)C12. The minimum atomic E-state index is -3.82. The fraction of sp³-hybridized carbons (Fsp3) is 0.652. The van der Waals surface area contributed by atoms with Crippen molar-refractivity contribution in [2.24, 2.45) is 56.7 Å². The summed E-state index contributed by atoms with van der Waals surface area (Å²) in [6.07, 6.45) is 10.8. The summed E-state index contributed by atoms with van der Waals surface area (Å²) < 4.78 is 29.1. The number of carbonyl (C=O) groups is 2. The van der Waals surface area contributed by atoms with E-state index in [9.17, 15) is 23.1 Å². The monoisotopic (exact) mass is 772 g/mol. The number of amides is 1. The molecule has 0 heterocycles. The molecule has 5 saturated carbocycles. The number of sulfonamides is 1. The minimum absolute atomic E-state index is 0.0406. The van der Waals surface area contributed by atoms with Crippen LogP contribution in [0.3, 0.4) is 0 Å². The largest absolute Gasteiger partial charge is 0.478 e. The molecule has 0 aromatic heterocycles. The van der Waals surface area contributed by atoms with E-state index in [0.29, 0.717) is 42.2 Å².